The zero-order valence-corrected chi connectivity index (χ0v) is 14.2. The van der Waals surface area contributed by atoms with Gasteiger partial charge in [0.15, 0.2) is 0 Å². The Kier molecular flexibility index (Phi) is 4.25. The molecule has 0 radical (unpaired) electrons. The first-order chi connectivity index (χ1) is 13.1. The number of rotatable bonds is 5. The van der Waals surface area contributed by atoms with E-state index in [9.17, 15) is 14.4 Å². The Balaban J connectivity index is 1.50. The molecule has 0 N–H and O–H groups in total. The van der Waals surface area contributed by atoms with Gasteiger partial charge in [-0.3, -0.25) is 14.3 Å². The number of carbonyl (C=O) groups is 3. The minimum atomic E-state index is -0.527. The highest BCUT2D eigenvalue weighted by Gasteiger charge is 2.36. The van der Waals surface area contributed by atoms with Crippen LogP contribution >= 0.6 is 0 Å². The van der Waals surface area contributed by atoms with Gasteiger partial charge in [0.2, 0.25) is 0 Å². The van der Waals surface area contributed by atoms with E-state index in [4.69, 9.17) is 4.74 Å². The molecular weight excluding hydrogens is 346 g/mol. The first-order valence-corrected chi connectivity index (χ1v) is 8.37. The van der Waals surface area contributed by atoms with Crippen molar-refractivity contribution in [3.05, 3.63) is 83.7 Å². The van der Waals surface area contributed by atoms with Crippen molar-refractivity contribution in [2.45, 2.75) is 6.54 Å². The lowest BCUT2D eigenvalue weighted by atomic mass is 10.1. The van der Waals surface area contributed by atoms with Gasteiger partial charge in [-0.05, 0) is 36.4 Å². The van der Waals surface area contributed by atoms with Gasteiger partial charge >= 0.3 is 5.97 Å². The molecule has 1 aliphatic rings. The zero-order chi connectivity index (χ0) is 18.8. The van der Waals surface area contributed by atoms with Gasteiger partial charge in [0, 0.05) is 12.4 Å². The van der Waals surface area contributed by atoms with E-state index in [-0.39, 0.29) is 12.2 Å². The minimum absolute atomic E-state index is 0.164. The van der Waals surface area contributed by atoms with Gasteiger partial charge in [-0.25, -0.2) is 9.69 Å². The molecule has 1 aromatic heterocycles. The van der Waals surface area contributed by atoms with Gasteiger partial charge in [-0.2, -0.15) is 5.10 Å². The molecule has 0 aliphatic carbocycles. The number of ether oxygens (including phenoxy) is 1. The summed E-state index contributed by atoms with van der Waals surface area (Å²) in [5, 5.41) is 4.03. The largest absolute Gasteiger partial charge is 0.460 e. The average molecular weight is 361 g/mol. The number of esters is 1. The Morgan fingerprint density at radius 3 is 2.37 bits per heavy atom. The Bertz CT molecular complexity index is 992. The molecule has 2 amide bonds. The molecule has 0 saturated heterocycles. The van der Waals surface area contributed by atoms with Crippen LogP contribution in [0.1, 0.15) is 31.1 Å². The van der Waals surface area contributed by atoms with E-state index >= 15 is 0 Å². The molecule has 3 aromatic rings. The van der Waals surface area contributed by atoms with Gasteiger partial charge in [0.05, 0.1) is 28.9 Å². The Labute approximate surface area is 154 Å². The van der Waals surface area contributed by atoms with Crippen molar-refractivity contribution in [3.8, 4) is 0 Å². The second-order valence-corrected chi connectivity index (χ2v) is 5.95. The number of imide groups is 1. The lowest BCUT2D eigenvalue weighted by Gasteiger charge is -2.14. The summed E-state index contributed by atoms with van der Waals surface area (Å²) in [7, 11) is 0. The summed E-state index contributed by atoms with van der Waals surface area (Å²) in [5.74, 6) is -1.33. The van der Waals surface area contributed by atoms with E-state index in [0.29, 0.717) is 23.4 Å². The second-order valence-electron chi connectivity index (χ2n) is 5.95. The molecule has 2 aromatic carbocycles. The molecule has 0 unspecified atom stereocenters. The molecule has 0 spiro atoms. The number of carbonyl (C=O) groups excluding carboxylic acids is 3. The normalized spacial score (nSPS) is 13.0. The third-order valence-corrected chi connectivity index (χ3v) is 4.25. The number of fused-ring (bicyclic) bond motifs is 1. The van der Waals surface area contributed by atoms with Crippen LogP contribution in [0, 0.1) is 0 Å². The van der Waals surface area contributed by atoms with E-state index in [1.165, 1.54) is 6.07 Å². The van der Waals surface area contributed by atoms with Crippen molar-refractivity contribution in [1.82, 2.24) is 9.78 Å². The predicted molar refractivity (Wildman–Crippen MR) is 96.5 cm³/mol. The summed E-state index contributed by atoms with van der Waals surface area (Å²) < 4.78 is 6.90. The molecule has 4 rings (SSSR count). The Morgan fingerprint density at radius 2 is 1.70 bits per heavy atom. The highest BCUT2D eigenvalue weighted by molar-refractivity contribution is 6.34. The van der Waals surface area contributed by atoms with Gasteiger partial charge < -0.3 is 4.74 Å². The number of amides is 2. The van der Waals surface area contributed by atoms with Crippen LogP contribution in [-0.4, -0.2) is 34.2 Å². The van der Waals surface area contributed by atoms with Crippen molar-refractivity contribution < 1.29 is 19.1 Å². The summed E-state index contributed by atoms with van der Waals surface area (Å²) in [6.45, 7) is 0.606. The van der Waals surface area contributed by atoms with Crippen LogP contribution in [0.15, 0.2) is 67.0 Å². The SMILES string of the molecule is O=C(OCCn1cccn1)c1cccc(N2C(=O)c3ccccc3C2=O)c1. The fraction of sp³-hybridized carbons (Fsp3) is 0.100. The van der Waals surface area contributed by atoms with Crippen molar-refractivity contribution >= 4 is 23.5 Å². The van der Waals surface area contributed by atoms with Crippen LogP contribution in [0.25, 0.3) is 0 Å². The van der Waals surface area contributed by atoms with Crippen molar-refractivity contribution in [3.63, 3.8) is 0 Å². The maximum atomic E-state index is 12.6. The third kappa shape index (κ3) is 3.10. The third-order valence-electron chi connectivity index (χ3n) is 4.25. The Morgan fingerprint density at radius 1 is 0.963 bits per heavy atom. The molecule has 2 heterocycles. The van der Waals surface area contributed by atoms with Crippen LogP contribution < -0.4 is 4.90 Å². The predicted octanol–water partition coefficient (Wildman–Crippen LogP) is 2.54. The number of nitrogens with zero attached hydrogens (tertiary/aromatic N) is 3. The molecule has 27 heavy (non-hydrogen) atoms. The van der Waals surface area contributed by atoms with Crippen molar-refractivity contribution in [1.29, 1.82) is 0 Å². The van der Waals surface area contributed by atoms with Crippen LogP contribution in [0.3, 0.4) is 0 Å². The number of hydrogen-bond donors (Lipinski definition) is 0. The molecule has 1 aliphatic heterocycles. The monoisotopic (exact) mass is 361 g/mol. The lowest BCUT2D eigenvalue weighted by molar-refractivity contribution is 0.0487. The molecule has 0 saturated carbocycles. The zero-order valence-electron chi connectivity index (χ0n) is 14.2. The summed E-state index contributed by atoms with van der Waals surface area (Å²) in [4.78, 5) is 38.5. The molecule has 7 nitrogen and oxygen atoms in total. The molecular formula is C20H15N3O4. The number of benzene rings is 2. The smallest absolute Gasteiger partial charge is 0.338 e. The highest BCUT2D eigenvalue weighted by atomic mass is 16.5. The van der Waals surface area contributed by atoms with Crippen LogP contribution in [0.2, 0.25) is 0 Å². The molecule has 0 atom stereocenters. The van der Waals surface area contributed by atoms with E-state index < -0.39 is 17.8 Å². The van der Waals surface area contributed by atoms with E-state index in [1.807, 2.05) is 0 Å². The van der Waals surface area contributed by atoms with E-state index in [0.717, 1.165) is 4.90 Å². The molecule has 0 fully saturated rings. The Hall–Kier alpha value is -3.74. The van der Waals surface area contributed by atoms with Gasteiger partial charge in [0.1, 0.15) is 6.61 Å². The maximum Gasteiger partial charge on any atom is 0.338 e. The van der Waals surface area contributed by atoms with Gasteiger partial charge in [0.25, 0.3) is 11.8 Å². The number of aromatic nitrogens is 2. The fourth-order valence-corrected chi connectivity index (χ4v) is 2.94. The van der Waals surface area contributed by atoms with Crippen LogP contribution in [0.5, 0.6) is 0 Å². The van der Waals surface area contributed by atoms with Gasteiger partial charge in [-0.1, -0.05) is 18.2 Å². The number of hydrogen-bond acceptors (Lipinski definition) is 5. The summed E-state index contributed by atoms with van der Waals surface area (Å²) in [6.07, 6.45) is 3.42. The summed E-state index contributed by atoms with van der Waals surface area (Å²) in [5.41, 5.74) is 1.32. The average Bonchev–Trinajstić information content (AvgIpc) is 3.29. The quantitative estimate of drug-likeness (QED) is 0.515. The van der Waals surface area contributed by atoms with Crippen LogP contribution in [-0.2, 0) is 11.3 Å². The molecule has 7 heteroatoms. The lowest BCUT2D eigenvalue weighted by Crippen LogP contribution is -2.29. The van der Waals surface area contributed by atoms with Crippen molar-refractivity contribution in [2.75, 3.05) is 11.5 Å². The molecule has 134 valence electrons. The van der Waals surface area contributed by atoms with Crippen LogP contribution in [0.4, 0.5) is 5.69 Å². The maximum absolute atomic E-state index is 12.6. The molecule has 0 bridgehead atoms. The standard InChI is InChI=1S/C20H15N3O4/c24-18-16-7-1-2-8-17(16)19(25)23(18)15-6-3-5-14(13-15)20(26)27-12-11-22-10-4-9-21-22/h1-10,13H,11-12H2. The van der Waals surface area contributed by atoms with E-state index in [1.54, 1.807) is 65.6 Å². The minimum Gasteiger partial charge on any atom is -0.460 e. The first kappa shape index (κ1) is 16.7. The highest BCUT2D eigenvalue weighted by Crippen LogP contribution is 2.28. The van der Waals surface area contributed by atoms with Gasteiger partial charge in [-0.15, -0.1) is 0 Å². The topological polar surface area (TPSA) is 81.5 Å². The van der Waals surface area contributed by atoms with E-state index in [2.05, 4.69) is 5.10 Å². The summed E-state index contributed by atoms with van der Waals surface area (Å²) in [6, 6.07) is 14.7. The second kappa shape index (κ2) is 6.87. The first-order valence-electron chi connectivity index (χ1n) is 8.37. The summed E-state index contributed by atoms with van der Waals surface area (Å²) >= 11 is 0. The fourth-order valence-electron chi connectivity index (χ4n) is 2.94. The number of anilines is 1. The van der Waals surface area contributed by atoms with Crippen molar-refractivity contribution in [2.24, 2.45) is 0 Å².